The third-order valence-electron chi connectivity index (χ3n) is 15.8. The molecule has 0 aliphatic rings. The molecule has 0 fully saturated rings. The van der Waals surface area contributed by atoms with Crippen molar-refractivity contribution in [2.45, 2.75) is 34.6 Å². The van der Waals surface area contributed by atoms with Crippen LogP contribution in [0.3, 0.4) is 0 Å². The van der Waals surface area contributed by atoms with Gasteiger partial charge >= 0.3 is 0 Å². The van der Waals surface area contributed by atoms with Gasteiger partial charge in [-0.3, -0.25) is 0 Å². The van der Waals surface area contributed by atoms with E-state index >= 15 is 0 Å². The number of benzene rings is 11. The molecule has 16 heteroatoms. The second kappa shape index (κ2) is 34.1. The fourth-order valence-corrected chi connectivity index (χ4v) is 10.8. The quantitative estimate of drug-likeness (QED) is 0.123. The van der Waals surface area contributed by atoms with E-state index in [9.17, 15) is 0 Å². The van der Waals surface area contributed by atoms with Crippen molar-refractivity contribution < 1.29 is 0 Å². The van der Waals surface area contributed by atoms with E-state index in [1.165, 1.54) is 22.3 Å². The molecule has 16 aromatic rings. The van der Waals surface area contributed by atoms with E-state index < -0.39 is 0 Å². The smallest absolute Gasteiger partial charge is 0.225 e. The second-order valence-electron chi connectivity index (χ2n) is 23.7. The summed E-state index contributed by atoms with van der Waals surface area (Å²) in [7, 11) is 0. The molecule has 0 radical (unpaired) electrons. The van der Waals surface area contributed by atoms with Gasteiger partial charge in [0.05, 0.1) is 5.69 Å². The van der Waals surface area contributed by atoms with Crippen LogP contribution >= 0.6 is 0 Å². The number of aromatic nitrogens is 14. The fraction of sp³-hybridized carbons (Fsp3) is 0.0575. The first kappa shape index (κ1) is 69.1. The molecule has 0 saturated heterocycles. The molecule has 0 aliphatic carbocycles. The molecule has 5 aromatic heterocycles. The lowest BCUT2D eigenvalue weighted by molar-refractivity contribution is 0.992. The first-order chi connectivity index (χ1) is 50.4. The van der Waals surface area contributed by atoms with E-state index in [0.29, 0.717) is 58.2 Å². The van der Waals surface area contributed by atoms with Crippen molar-refractivity contribution in [3.05, 3.63) is 350 Å². The maximum Gasteiger partial charge on any atom is 0.225 e. The standard InChI is InChI=1S/C28H21N3.2C22H17N3.C11H10N2.C4H7N5/c1-20-29-27(25-16-8-14-23(18-25)21-10-4-2-5-11-21)31-28(30-20)26-17-9-15-24(19-26)22-12-6-3-7-13-22;1-16-9-8-14-19(15-16)22-24-20(17-10-4-2-5-11-17)23-21(25-22)18-12-6-3-7-13-18;1-16-12-14-19(15-13-16)22-24-20(17-8-4-2-5-9-17)23-21(25-22)18-10-6-3-7-11-18;1-9-12-8-7-11(13-9)10-5-3-2-4-6-10;1-2-7-3(5)9-4(6)8-2/h2-19H,1H3;2*2-15H,1H3;2-8H,1H3;1H3,(H4,5,6,7,8,9). The van der Waals surface area contributed by atoms with Gasteiger partial charge in [-0.1, -0.05) is 302 Å². The highest BCUT2D eigenvalue weighted by Gasteiger charge is 2.16. The third-order valence-corrected chi connectivity index (χ3v) is 15.8. The van der Waals surface area contributed by atoms with Gasteiger partial charge in [0.15, 0.2) is 46.6 Å². The number of hydrogen-bond donors (Lipinski definition) is 2. The van der Waals surface area contributed by atoms with Crippen LogP contribution in [-0.2, 0) is 0 Å². The van der Waals surface area contributed by atoms with Crippen LogP contribution in [0.2, 0.25) is 0 Å². The highest BCUT2D eigenvalue weighted by molar-refractivity contribution is 5.74. The van der Waals surface area contributed by atoms with Crippen LogP contribution in [0.5, 0.6) is 0 Å². The van der Waals surface area contributed by atoms with Gasteiger partial charge in [0, 0.05) is 56.3 Å². The van der Waals surface area contributed by atoms with Gasteiger partial charge in [-0.2, -0.15) is 15.0 Å². The summed E-state index contributed by atoms with van der Waals surface area (Å²) in [5.74, 6) is 7.88. The number of nitrogens with two attached hydrogens (primary N) is 2. The topological polar surface area (TPSA) is 232 Å². The van der Waals surface area contributed by atoms with Crippen molar-refractivity contribution in [3.8, 4) is 125 Å². The Hall–Kier alpha value is -13.9. The lowest BCUT2D eigenvalue weighted by atomic mass is 10.0. The summed E-state index contributed by atoms with van der Waals surface area (Å²) in [4.78, 5) is 61.7. The van der Waals surface area contributed by atoms with Gasteiger partial charge < -0.3 is 11.5 Å². The van der Waals surface area contributed by atoms with Gasteiger partial charge in [-0.25, -0.2) is 54.8 Å². The van der Waals surface area contributed by atoms with Crippen molar-refractivity contribution in [2.24, 2.45) is 0 Å². The molecule has 16 nitrogen and oxygen atoms in total. The minimum Gasteiger partial charge on any atom is -0.368 e. The maximum absolute atomic E-state index is 5.22. The van der Waals surface area contributed by atoms with Crippen LogP contribution in [-0.4, -0.2) is 69.8 Å². The predicted octanol–water partition coefficient (Wildman–Crippen LogP) is 19.0. The Bertz CT molecular complexity index is 5130. The number of nitrogens with zero attached hydrogens (tertiary/aromatic N) is 14. The normalized spacial score (nSPS) is 10.5. The van der Waals surface area contributed by atoms with Gasteiger partial charge in [-0.15, -0.1) is 0 Å². The van der Waals surface area contributed by atoms with Crippen LogP contribution < -0.4 is 11.5 Å². The molecule has 0 unspecified atom stereocenters. The van der Waals surface area contributed by atoms with Crippen LogP contribution in [0, 0.1) is 34.6 Å². The second-order valence-corrected chi connectivity index (χ2v) is 23.7. The summed E-state index contributed by atoms with van der Waals surface area (Å²) in [6, 6.07) is 106. The zero-order chi connectivity index (χ0) is 71.1. The van der Waals surface area contributed by atoms with E-state index in [4.69, 9.17) is 46.4 Å². The summed E-state index contributed by atoms with van der Waals surface area (Å²) in [6.45, 7) is 9.65. The summed E-state index contributed by atoms with van der Waals surface area (Å²) in [5.41, 5.74) is 27.4. The largest absolute Gasteiger partial charge is 0.368 e. The number of anilines is 2. The number of rotatable bonds is 11. The summed E-state index contributed by atoms with van der Waals surface area (Å²) >= 11 is 0. The molecule has 5 heterocycles. The van der Waals surface area contributed by atoms with E-state index in [0.717, 1.165) is 72.7 Å². The summed E-state index contributed by atoms with van der Waals surface area (Å²) in [5, 5.41) is 0. The molecule has 0 amide bonds. The fourth-order valence-electron chi connectivity index (χ4n) is 10.8. The highest BCUT2D eigenvalue weighted by Crippen LogP contribution is 2.31. The Balaban J connectivity index is 0.000000128. The third kappa shape index (κ3) is 19.3. The van der Waals surface area contributed by atoms with Crippen LogP contribution in [0.1, 0.15) is 28.6 Å². The van der Waals surface area contributed by atoms with E-state index in [2.05, 4.69) is 122 Å². The van der Waals surface area contributed by atoms with E-state index in [-0.39, 0.29) is 11.9 Å². The van der Waals surface area contributed by atoms with Gasteiger partial charge in [-0.05, 0) is 81.1 Å². The molecule has 0 aliphatic heterocycles. The van der Waals surface area contributed by atoms with Gasteiger partial charge in [0.2, 0.25) is 11.9 Å². The molecule has 0 atom stereocenters. The first-order valence-corrected chi connectivity index (χ1v) is 33.4. The average molecular weight is 1340 g/mol. The zero-order valence-corrected chi connectivity index (χ0v) is 57.5. The van der Waals surface area contributed by atoms with Crippen molar-refractivity contribution in [3.63, 3.8) is 0 Å². The predicted molar refractivity (Wildman–Crippen MR) is 414 cm³/mol. The Kier molecular flexibility index (Phi) is 22.8. The Morgan fingerprint density at radius 1 is 0.184 bits per heavy atom. The number of hydrogen-bond acceptors (Lipinski definition) is 16. The molecule has 103 heavy (non-hydrogen) atoms. The molecule has 16 rings (SSSR count). The monoisotopic (exact) mass is 1340 g/mol. The van der Waals surface area contributed by atoms with E-state index in [1.807, 2.05) is 257 Å². The van der Waals surface area contributed by atoms with Crippen molar-refractivity contribution in [1.82, 2.24) is 69.8 Å². The first-order valence-electron chi connectivity index (χ1n) is 33.4. The van der Waals surface area contributed by atoms with E-state index in [1.54, 1.807) is 13.1 Å². The summed E-state index contributed by atoms with van der Waals surface area (Å²) in [6.07, 6.45) is 1.78. The minimum absolute atomic E-state index is 0.167. The van der Waals surface area contributed by atoms with Crippen LogP contribution in [0.15, 0.2) is 322 Å². The molecule has 0 spiro atoms. The Morgan fingerprint density at radius 2 is 0.466 bits per heavy atom. The summed E-state index contributed by atoms with van der Waals surface area (Å²) < 4.78 is 0. The SMILES string of the molecule is Cc1ccc(-c2nc(-c3ccccc3)nc(-c3ccccc3)n2)cc1.Cc1cccc(-c2nc(-c3ccccc3)nc(-c3ccccc3)n2)c1.Cc1nc(-c2cccc(-c3ccccc3)c2)nc(-c2cccc(-c3ccccc3)c2)n1.Cc1nc(N)nc(N)n1.Cc1nccc(-c2ccccc2)n1. The molecule has 500 valence electrons. The highest BCUT2D eigenvalue weighted by atomic mass is 15.1. The number of aryl methyl sites for hydroxylation is 5. The van der Waals surface area contributed by atoms with Gasteiger partial charge in [0.25, 0.3) is 0 Å². The van der Waals surface area contributed by atoms with Crippen molar-refractivity contribution in [2.75, 3.05) is 11.5 Å². The molecule has 4 N–H and O–H groups in total. The molecular weight excluding hydrogens is 1270 g/mol. The molecule has 0 bridgehead atoms. The molecule has 0 saturated carbocycles. The minimum atomic E-state index is 0.167. The van der Waals surface area contributed by atoms with Gasteiger partial charge in [0.1, 0.15) is 17.5 Å². The van der Waals surface area contributed by atoms with Crippen molar-refractivity contribution >= 4 is 11.9 Å². The maximum atomic E-state index is 5.22. The average Bonchev–Trinajstić information content (AvgIpc) is 0.815. The Labute approximate surface area is 599 Å². The van der Waals surface area contributed by atoms with Crippen LogP contribution in [0.25, 0.3) is 125 Å². The lowest BCUT2D eigenvalue weighted by Gasteiger charge is -2.09. The molecule has 11 aromatic carbocycles. The number of nitrogen functional groups attached to an aromatic ring is 2. The molecular formula is C87H72N16. The Morgan fingerprint density at radius 3 is 0.816 bits per heavy atom. The van der Waals surface area contributed by atoms with Crippen molar-refractivity contribution in [1.29, 1.82) is 0 Å². The zero-order valence-electron chi connectivity index (χ0n) is 57.5. The van der Waals surface area contributed by atoms with Crippen LogP contribution in [0.4, 0.5) is 11.9 Å². The lowest BCUT2D eigenvalue weighted by Crippen LogP contribution is -2.03.